The molecule has 3 rings (SSSR count). The minimum Gasteiger partial charge on any atom is -0.348 e. The predicted octanol–water partition coefficient (Wildman–Crippen LogP) is 3.74. The molecule has 1 amide bonds. The number of hydrogen-bond acceptors (Lipinski definition) is 4. The number of nitrogens with one attached hydrogen (secondary N) is 2. The van der Waals surface area contributed by atoms with Crippen LogP contribution < -0.4 is 10.0 Å². The summed E-state index contributed by atoms with van der Waals surface area (Å²) in [4.78, 5) is 16.6. The highest BCUT2D eigenvalue weighted by molar-refractivity contribution is 7.92. The Morgan fingerprint density at radius 1 is 1.00 bits per heavy atom. The number of pyridine rings is 1. The summed E-state index contributed by atoms with van der Waals surface area (Å²) in [6.45, 7) is 5.75. The van der Waals surface area contributed by atoms with Gasteiger partial charge in [0.05, 0.1) is 10.6 Å². The van der Waals surface area contributed by atoms with Crippen molar-refractivity contribution < 1.29 is 13.2 Å². The molecular formula is C22H23N3O3S. The third-order valence-electron chi connectivity index (χ3n) is 4.55. The summed E-state index contributed by atoms with van der Waals surface area (Å²) in [7, 11) is -3.85. The Morgan fingerprint density at radius 2 is 1.76 bits per heavy atom. The fraction of sp³-hybridized carbons (Fsp3) is 0.182. The Bertz CT molecular complexity index is 1140. The van der Waals surface area contributed by atoms with E-state index in [1.54, 1.807) is 43.6 Å². The molecule has 0 spiro atoms. The number of rotatable bonds is 6. The van der Waals surface area contributed by atoms with Crippen molar-refractivity contribution >= 4 is 21.6 Å². The summed E-state index contributed by atoms with van der Waals surface area (Å²) in [6, 6.07) is 13.9. The first-order valence-electron chi connectivity index (χ1n) is 9.14. The smallest absolute Gasteiger partial charge is 0.262 e. The van der Waals surface area contributed by atoms with Crippen LogP contribution in [0.3, 0.4) is 0 Å². The summed E-state index contributed by atoms with van der Waals surface area (Å²) in [6.07, 6.45) is 3.32. The van der Waals surface area contributed by atoms with Gasteiger partial charge in [0.25, 0.3) is 15.9 Å². The van der Waals surface area contributed by atoms with Gasteiger partial charge in [-0.05, 0) is 67.3 Å². The zero-order valence-corrected chi connectivity index (χ0v) is 17.4. The Labute approximate surface area is 171 Å². The Balaban J connectivity index is 1.84. The maximum atomic E-state index is 13.0. The van der Waals surface area contributed by atoms with Gasteiger partial charge >= 0.3 is 0 Å². The molecule has 1 heterocycles. The van der Waals surface area contributed by atoms with Gasteiger partial charge in [0.1, 0.15) is 0 Å². The fourth-order valence-electron chi connectivity index (χ4n) is 2.86. The zero-order valence-electron chi connectivity index (χ0n) is 16.6. The number of amides is 1. The molecule has 2 N–H and O–H groups in total. The second-order valence-corrected chi connectivity index (χ2v) is 8.60. The van der Waals surface area contributed by atoms with Crippen LogP contribution in [0.2, 0.25) is 0 Å². The highest BCUT2D eigenvalue weighted by atomic mass is 32.2. The molecule has 0 saturated carbocycles. The van der Waals surface area contributed by atoms with Gasteiger partial charge in [-0.3, -0.25) is 14.5 Å². The van der Waals surface area contributed by atoms with E-state index in [1.165, 1.54) is 6.07 Å². The molecule has 29 heavy (non-hydrogen) atoms. The first-order valence-corrected chi connectivity index (χ1v) is 10.6. The molecule has 0 aliphatic heterocycles. The van der Waals surface area contributed by atoms with Crippen LogP contribution in [0.5, 0.6) is 0 Å². The number of hydrogen-bond donors (Lipinski definition) is 2. The summed E-state index contributed by atoms with van der Waals surface area (Å²) in [5.74, 6) is -0.350. The van der Waals surface area contributed by atoms with Gasteiger partial charge in [0.15, 0.2) is 0 Å². The summed E-state index contributed by atoms with van der Waals surface area (Å²) >= 11 is 0. The van der Waals surface area contributed by atoms with E-state index in [1.807, 2.05) is 32.0 Å². The first-order chi connectivity index (χ1) is 13.8. The number of carbonyl (C=O) groups is 1. The molecule has 6 nitrogen and oxygen atoms in total. The summed E-state index contributed by atoms with van der Waals surface area (Å²) in [5, 5.41) is 2.79. The van der Waals surface area contributed by atoms with Crippen molar-refractivity contribution in [1.29, 1.82) is 0 Å². The van der Waals surface area contributed by atoms with E-state index in [4.69, 9.17) is 0 Å². The van der Waals surface area contributed by atoms with Gasteiger partial charge in [-0.1, -0.05) is 24.3 Å². The van der Waals surface area contributed by atoms with Gasteiger partial charge in [0, 0.05) is 24.5 Å². The normalized spacial score (nSPS) is 11.1. The number of carbonyl (C=O) groups excluding carboxylic acids is 1. The van der Waals surface area contributed by atoms with Gasteiger partial charge in [-0.2, -0.15) is 0 Å². The third kappa shape index (κ3) is 5.00. The van der Waals surface area contributed by atoms with Crippen molar-refractivity contribution in [3.63, 3.8) is 0 Å². The van der Waals surface area contributed by atoms with Gasteiger partial charge < -0.3 is 5.32 Å². The Hall–Kier alpha value is -3.19. The highest BCUT2D eigenvalue weighted by Gasteiger charge is 2.20. The van der Waals surface area contributed by atoms with Crippen molar-refractivity contribution in [2.24, 2.45) is 0 Å². The number of nitrogens with zero attached hydrogens (tertiary/aromatic N) is 1. The SMILES string of the molecule is Cc1ccc(C)c(NS(=O)(=O)c2cc(C(=O)NCc3cccnc3)ccc2C)c1. The van der Waals surface area contributed by atoms with E-state index in [0.29, 0.717) is 17.8 Å². The second-order valence-electron chi connectivity index (χ2n) is 6.95. The van der Waals surface area contributed by atoms with Crippen LogP contribution in [0.1, 0.15) is 32.6 Å². The van der Waals surface area contributed by atoms with E-state index in [2.05, 4.69) is 15.0 Å². The van der Waals surface area contributed by atoms with E-state index in [0.717, 1.165) is 16.7 Å². The lowest BCUT2D eigenvalue weighted by Crippen LogP contribution is -2.23. The molecule has 2 aromatic carbocycles. The van der Waals surface area contributed by atoms with Crippen LogP contribution in [0, 0.1) is 20.8 Å². The largest absolute Gasteiger partial charge is 0.348 e. The van der Waals surface area contributed by atoms with E-state index in [-0.39, 0.29) is 16.4 Å². The topological polar surface area (TPSA) is 88.2 Å². The lowest BCUT2D eigenvalue weighted by atomic mass is 10.1. The molecule has 3 aromatic rings. The van der Waals surface area contributed by atoms with Crippen LogP contribution in [-0.2, 0) is 16.6 Å². The summed E-state index contributed by atoms with van der Waals surface area (Å²) < 4.78 is 28.6. The number of aromatic nitrogens is 1. The van der Waals surface area contributed by atoms with Crippen molar-refractivity contribution in [1.82, 2.24) is 10.3 Å². The Kier molecular flexibility index (Phi) is 5.98. The number of sulfonamides is 1. The zero-order chi connectivity index (χ0) is 21.0. The molecule has 0 aliphatic rings. The lowest BCUT2D eigenvalue weighted by Gasteiger charge is -2.14. The van der Waals surface area contributed by atoms with Crippen LogP contribution >= 0.6 is 0 Å². The van der Waals surface area contributed by atoms with Crippen molar-refractivity contribution in [2.75, 3.05) is 4.72 Å². The molecule has 0 aliphatic carbocycles. The van der Waals surface area contributed by atoms with Crippen LogP contribution in [0.25, 0.3) is 0 Å². The van der Waals surface area contributed by atoms with E-state index < -0.39 is 10.0 Å². The van der Waals surface area contributed by atoms with E-state index >= 15 is 0 Å². The lowest BCUT2D eigenvalue weighted by molar-refractivity contribution is 0.0950. The highest BCUT2D eigenvalue weighted by Crippen LogP contribution is 2.24. The third-order valence-corrected chi connectivity index (χ3v) is 6.06. The molecule has 0 unspecified atom stereocenters. The quantitative estimate of drug-likeness (QED) is 0.649. The molecule has 0 atom stereocenters. The number of benzene rings is 2. The standard InChI is InChI=1S/C22H23N3O3S/c1-15-6-7-16(2)20(11-15)25-29(27,28)21-12-19(9-8-17(21)3)22(26)24-14-18-5-4-10-23-13-18/h4-13,25H,14H2,1-3H3,(H,24,26). The van der Waals surface area contributed by atoms with Crippen molar-refractivity contribution in [3.8, 4) is 0 Å². The maximum Gasteiger partial charge on any atom is 0.262 e. The molecule has 150 valence electrons. The van der Waals surface area contributed by atoms with Crippen molar-refractivity contribution in [2.45, 2.75) is 32.2 Å². The van der Waals surface area contributed by atoms with Crippen LogP contribution in [0.4, 0.5) is 5.69 Å². The molecule has 1 aromatic heterocycles. The first kappa shape index (κ1) is 20.5. The van der Waals surface area contributed by atoms with Crippen molar-refractivity contribution in [3.05, 3.63) is 88.7 Å². The average Bonchev–Trinajstić information content (AvgIpc) is 2.69. The summed E-state index contributed by atoms with van der Waals surface area (Å²) in [5.41, 5.74) is 4.00. The van der Waals surface area contributed by atoms with Crippen LogP contribution in [-0.4, -0.2) is 19.3 Å². The van der Waals surface area contributed by atoms with Gasteiger partial charge in [-0.15, -0.1) is 0 Å². The molecule has 0 fully saturated rings. The average molecular weight is 410 g/mol. The molecule has 0 saturated heterocycles. The number of anilines is 1. The molecular weight excluding hydrogens is 386 g/mol. The van der Waals surface area contributed by atoms with Gasteiger partial charge in [-0.25, -0.2) is 8.42 Å². The molecule has 0 bridgehead atoms. The minimum absolute atomic E-state index is 0.0763. The molecule has 0 radical (unpaired) electrons. The second kappa shape index (κ2) is 8.45. The van der Waals surface area contributed by atoms with Gasteiger partial charge in [0.2, 0.25) is 0 Å². The van der Waals surface area contributed by atoms with Crippen LogP contribution in [0.15, 0.2) is 65.8 Å². The Morgan fingerprint density at radius 3 is 2.48 bits per heavy atom. The minimum atomic E-state index is -3.85. The number of aryl methyl sites for hydroxylation is 3. The van der Waals surface area contributed by atoms with E-state index in [9.17, 15) is 13.2 Å². The maximum absolute atomic E-state index is 13.0. The monoisotopic (exact) mass is 409 g/mol. The fourth-order valence-corrected chi connectivity index (χ4v) is 4.26. The predicted molar refractivity (Wildman–Crippen MR) is 113 cm³/mol. The molecule has 7 heteroatoms.